The molecule has 0 unspecified atom stereocenters. The molecule has 0 N–H and O–H groups in total. The van der Waals surface area contributed by atoms with Crippen LogP contribution in [-0.2, 0) is 104 Å². The molecular weight excluding hydrogens is 730 g/mol. The fourth-order valence-electron chi connectivity index (χ4n) is 5.45. The maximum atomic E-state index is 12.6. The highest BCUT2D eigenvalue weighted by Gasteiger charge is 2.64. The maximum absolute atomic E-state index is 12.6. The molecule has 2 aliphatic heterocycles. The Balaban J connectivity index is 2.18. The molecule has 0 bridgehead atoms. The Hall–Kier alpha value is -5.48. The lowest BCUT2D eigenvalue weighted by Crippen LogP contribution is -2.65. The van der Waals surface area contributed by atoms with Crippen molar-refractivity contribution in [3.8, 4) is 0 Å². The molecule has 1 aromatic rings. The van der Waals surface area contributed by atoms with Gasteiger partial charge in [-0.2, -0.15) is 0 Å². The van der Waals surface area contributed by atoms with Gasteiger partial charge in [-0.05, 0) is 0 Å². The van der Waals surface area contributed by atoms with Crippen molar-refractivity contribution in [2.45, 2.75) is 116 Å². The normalized spacial score (nSPS) is 27.4. The van der Waals surface area contributed by atoms with Crippen LogP contribution in [0.2, 0.25) is 0 Å². The van der Waals surface area contributed by atoms with E-state index >= 15 is 0 Å². The van der Waals surface area contributed by atoms with Crippen LogP contribution in [0.15, 0.2) is 18.9 Å². The first-order valence-corrected chi connectivity index (χ1v) is 16.2. The van der Waals surface area contributed by atoms with Crippen molar-refractivity contribution in [1.29, 1.82) is 0 Å². The molecule has 0 amide bonds. The number of hydrogen-bond donors (Lipinski definition) is 0. The van der Waals surface area contributed by atoms with Gasteiger partial charge in [0.1, 0.15) is 37.7 Å². The van der Waals surface area contributed by atoms with Gasteiger partial charge >= 0.3 is 47.8 Å². The molecule has 9 atom stereocenters. The largest absolute Gasteiger partial charge is 0.463 e. The van der Waals surface area contributed by atoms with E-state index in [1.165, 1.54) is 10.9 Å². The number of ether oxygens (including phenoxy) is 11. The van der Waals surface area contributed by atoms with Crippen molar-refractivity contribution in [2.24, 2.45) is 0 Å². The van der Waals surface area contributed by atoms with Gasteiger partial charge in [0, 0.05) is 54.5 Å². The van der Waals surface area contributed by atoms with Crippen LogP contribution in [0.5, 0.6) is 0 Å². The van der Waals surface area contributed by atoms with Gasteiger partial charge in [-0.15, -0.1) is 5.10 Å². The number of carbonyl (C=O) groups excluding carboxylic acids is 8. The highest BCUT2D eigenvalue weighted by Crippen LogP contribution is 2.41. The fourth-order valence-corrected chi connectivity index (χ4v) is 5.45. The predicted octanol–water partition coefficient (Wildman–Crippen LogP) is -0.871. The van der Waals surface area contributed by atoms with Crippen molar-refractivity contribution >= 4 is 47.8 Å². The molecule has 0 aliphatic carbocycles. The summed E-state index contributed by atoms with van der Waals surface area (Å²) in [6.45, 7) is 8.38. The molecule has 0 radical (unpaired) electrons. The molecule has 2 fully saturated rings. The summed E-state index contributed by atoms with van der Waals surface area (Å²) in [7, 11) is 0. The Kier molecular flexibility index (Phi) is 15.1. The molecule has 22 nitrogen and oxygen atoms in total. The van der Waals surface area contributed by atoms with Crippen LogP contribution in [0.1, 0.15) is 54.2 Å². The van der Waals surface area contributed by atoms with Crippen LogP contribution in [0.25, 0.3) is 0 Å². The molecule has 2 aliphatic rings. The summed E-state index contributed by atoms with van der Waals surface area (Å²) >= 11 is 0. The third-order valence-corrected chi connectivity index (χ3v) is 7.27. The molecule has 3 heterocycles. The summed E-state index contributed by atoms with van der Waals surface area (Å²) in [6.07, 6.45) is -10.9. The Labute approximate surface area is 307 Å². The SMILES string of the molecule is C=CC(=O)OCc1cn(C[C@H]2O[C@@](COC(C)=O)(O[C@H]3O[C@H](COC(C)=O)[C@@H](OC(C)=O)[C@H](OC(C)=O)[C@H]3OC(C)=O)[C@@H](OC(C)=O)[C@@H]2OC(C)=O)nn1. The number of carbonyl (C=O) groups is 8. The fraction of sp³-hybridized carbons (Fsp3) is 0.625. The lowest BCUT2D eigenvalue weighted by molar-refractivity contribution is -0.384. The zero-order valence-electron chi connectivity index (χ0n) is 30.4. The van der Waals surface area contributed by atoms with Gasteiger partial charge in [0.2, 0.25) is 12.1 Å². The predicted molar refractivity (Wildman–Crippen MR) is 168 cm³/mol. The zero-order valence-corrected chi connectivity index (χ0v) is 30.4. The highest BCUT2D eigenvalue weighted by molar-refractivity contribution is 5.81. The van der Waals surface area contributed by atoms with E-state index in [0.29, 0.717) is 0 Å². The Bertz CT molecular complexity index is 1590. The second-order valence-corrected chi connectivity index (χ2v) is 11.8. The monoisotopic (exact) mass is 771 g/mol. The topological polar surface area (TPSA) is 269 Å². The molecule has 298 valence electrons. The summed E-state index contributed by atoms with van der Waals surface area (Å²) in [5.41, 5.74) is 0.184. The first-order chi connectivity index (χ1) is 25.3. The van der Waals surface area contributed by atoms with Crippen LogP contribution in [0.3, 0.4) is 0 Å². The average Bonchev–Trinajstić information content (AvgIpc) is 3.61. The summed E-state index contributed by atoms with van der Waals surface area (Å²) in [6, 6.07) is 0. The van der Waals surface area contributed by atoms with E-state index in [1.807, 2.05) is 0 Å². The summed E-state index contributed by atoms with van der Waals surface area (Å²) in [4.78, 5) is 97.6. The zero-order chi connectivity index (χ0) is 40.3. The minimum Gasteiger partial charge on any atom is -0.463 e. The van der Waals surface area contributed by atoms with Crippen LogP contribution in [-0.4, -0.2) is 131 Å². The standard InChI is InChI=1S/C32H41N3O19/c1-9-25(43)45-12-22-10-35(34-33-22)11-23-27(48-18(5)39)30(51-21(8)42)32(53-23,14-46-16(3)37)54-31-29(50-20(7)41)28(49-19(6)40)26(47-17(4)38)24(52-31)13-44-15(2)36/h9-10,23-24,26-31H,1,11-14H2,2-8H3/t23-,24-,26-,27-,28+,29-,30+,31-,32+/m1/s1. The third-order valence-electron chi connectivity index (χ3n) is 7.27. The highest BCUT2D eigenvalue weighted by atomic mass is 16.8. The first kappa shape index (κ1) is 42.9. The molecule has 54 heavy (non-hydrogen) atoms. The van der Waals surface area contributed by atoms with Crippen LogP contribution in [0.4, 0.5) is 0 Å². The summed E-state index contributed by atoms with van der Waals surface area (Å²) in [5.74, 6) is -9.51. The van der Waals surface area contributed by atoms with E-state index in [2.05, 4.69) is 16.9 Å². The lowest BCUT2D eigenvalue weighted by atomic mass is 9.97. The maximum Gasteiger partial charge on any atom is 0.330 e. The lowest BCUT2D eigenvalue weighted by Gasteiger charge is -2.46. The number of nitrogens with zero attached hydrogens (tertiary/aromatic N) is 3. The van der Waals surface area contributed by atoms with Gasteiger partial charge in [-0.25, -0.2) is 9.48 Å². The van der Waals surface area contributed by atoms with E-state index in [4.69, 9.17) is 52.1 Å². The quantitative estimate of drug-likeness (QED) is 0.112. The summed E-state index contributed by atoms with van der Waals surface area (Å²) < 4.78 is 62.8. The minimum absolute atomic E-state index is 0.184. The van der Waals surface area contributed by atoms with Gasteiger partial charge in [-0.1, -0.05) is 11.8 Å². The van der Waals surface area contributed by atoms with E-state index in [9.17, 15) is 38.4 Å². The van der Waals surface area contributed by atoms with E-state index in [-0.39, 0.29) is 18.8 Å². The third kappa shape index (κ3) is 12.0. The number of aromatic nitrogens is 3. The van der Waals surface area contributed by atoms with Gasteiger partial charge in [0.15, 0.2) is 30.5 Å². The molecular formula is C32H41N3O19. The van der Waals surface area contributed by atoms with Crippen LogP contribution < -0.4 is 0 Å². The van der Waals surface area contributed by atoms with Gasteiger partial charge in [0.25, 0.3) is 0 Å². The van der Waals surface area contributed by atoms with E-state index < -0.39 is 116 Å². The average molecular weight is 772 g/mol. The van der Waals surface area contributed by atoms with Gasteiger partial charge in [0.05, 0.1) is 12.7 Å². The van der Waals surface area contributed by atoms with Crippen molar-refractivity contribution in [1.82, 2.24) is 15.0 Å². The second-order valence-electron chi connectivity index (χ2n) is 11.8. The second kappa shape index (κ2) is 19.0. The molecule has 0 aromatic carbocycles. The van der Waals surface area contributed by atoms with Crippen molar-refractivity contribution in [3.05, 3.63) is 24.5 Å². The van der Waals surface area contributed by atoms with E-state index in [1.54, 1.807) is 0 Å². The summed E-state index contributed by atoms with van der Waals surface area (Å²) in [5, 5.41) is 7.87. The molecule has 0 saturated carbocycles. The number of esters is 8. The molecule has 2 saturated heterocycles. The number of hydrogen-bond acceptors (Lipinski definition) is 21. The Morgan fingerprint density at radius 2 is 1.28 bits per heavy atom. The smallest absolute Gasteiger partial charge is 0.330 e. The molecule has 22 heteroatoms. The minimum atomic E-state index is -2.49. The molecule has 0 spiro atoms. The molecule has 3 rings (SSSR count). The van der Waals surface area contributed by atoms with Gasteiger partial charge in [-0.3, -0.25) is 33.6 Å². The van der Waals surface area contributed by atoms with Gasteiger partial charge < -0.3 is 52.1 Å². The van der Waals surface area contributed by atoms with Crippen molar-refractivity contribution < 1.29 is 90.5 Å². The van der Waals surface area contributed by atoms with Crippen LogP contribution in [0, 0.1) is 0 Å². The van der Waals surface area contributed by atoms with E-state index in [0.717, 1.165) is 54.5 Å². The van der Waals surface area contributed by atoms with Crippen molar-refractivity contribution in [3.63, 3.8) is 0 Å². The molecule has 1 aromatic heterocycles. The van der Waals surface area contributed by atoms with Crippen molar-refractivity contribution in [2.75, 3.05) is 13.2 Å². The first-order valence-electron chi connectivity index (χ1n) is 16.2. The van der Waals surface area contributed by atoms with Crippen LogP contribution >= 0.6 is 0 Å². The number of rotatable bonds is 16. The Morgan fingerprint density at radius 1 is 0.722 bits per heavy atom. The Morgan fingerprint density at radius 3 is 1.83 bits per heavy atom.